The number of anilines is 1. The molecule has 0 unspecified atom stereocenters. The summed E-state index contributed by atoms with van der Waals surface area (Å²) in [6.07, 6.45) is 0.785. The highest BCUT2D eigenvalue weighted by atomic mass is 32.2. The van der Waals surface area contributed by atoms with Crippen molar-refractivity contribution < 1.29 is 27.5 Å². The molecule has 0 saturated carbocycles. The molecule has 0 saturated heterocycles. The Morgan fingerprint density at radius 1 is 1.11 bits per heavy atom. The van der Waals surface area contributed by atoms with Crippen molar-refractivity contribution in [1.82, 2.24) is 4.47 Å². The van der Waals surface area contributed by atoms with Crippen LogP contribution in [0.5, 0.6) is 11.5 Å². The van der Waals surface area contributed by atoms with Crippen LogP contribution in [-0.4, -0.2) is 46.2 Å². The minimum atomic E-state index is -3.84. The number of benzene rings is 2. The molecule has 1 heterocycles. The molecule has 9 heteroatoms. The van der Waals surface area contributed by atoms with Crippen LogP contribution < -0.4 is 14.8 Å². The number of hydrogen-bond acceptors (Lipinski definition) is 6. The highest BCUT2D eigenvalue weighted by Gasteiger charge is 2.22. The SMILES string of the molecule is CON(C)S(=O)(=O)c1cccc(C(=O)Nc2ccc3c(c2)OCCCO3)c1. The second-order valence-electron chi connectivity index (χ2n) is 5.79. The molecule has 0 fully saturated rings. The molecule has 1 N–H and O–H groups in total. The Morgan fingerprint density at radius 3 is 2.59 bits per heavy atom. The van der Waals surface area contributed by atoms with Crippen LogP contribution >= 0.6 is 0 Å². The van der Waals surface area contributed by atoms with Gasteiger partial charge in [0, 0.05) is 30.8 Å². The smallest absolute Gasteiger partial charge is 0.264 e. The van der Waals surface area contributed by atoms with E-state index in [-0.39, 0.29) is 10.5 Å². The van der Waals surface area contributed by atoms with E-state index in [1.807, 2.05) is 0 Å². The van der Waals surface area contributed by atoms with E-state index in [0.29, 0.717) is 30.4 Å². The lowest BCUT2D eigenvalue weighted by atomic mass is 10.2. The summed E-state index contributed by atoms with van der Waals surface area (Å²) in [5.74, 6) is 0.742. The van der Waals surface area contributed by atoms with Gasteiger partial charge in [0.05, 0.1) is 25.2 Å². The third kappa shape index (κ3) is 4.21. The average molecular weight is 392 g/mol. The van der Waals surface area contributed by atoms with Crippen LogP contribution in [-0.2, 0) is 14.9 Å². The summed E-state index contributed by atoms with van der Waals surface area (Å²) >= 11 is 0. The fourth-order valence-electron chi connectivity index (χ4n) is 2.49. The Hall–Kier alpha value is -2.62. The van der Waals surface area contributed by atoms with Gasteiger partial charge in [-0.1, -0.05) is 10.5 Å². The van der Waals surface area contributed by atoms with Gasteiger partial charge in [0.2, 0.25) is 0 Å². The molecule has 27 heavy (non-hydrogen) atoms. The second-order valence-corrected chi connectivity index (χ2v) is 7.73. The molecular weight excluding hydrogens is 372 g/mol. The fraction of sp³-hybridized carbons (Fsp3) is 0.278. The number of carbonyl (C=O) groups excluding carboxylic acids is 1. The molecule has 0 aromatic heterocycles. The number of hydrogen-bond donors (Lipinski definition) is 1. The minimum Gasteiger partial charge on any atom is -0.490 e. The third-order valence-corrected chi connectivity index (χ3v) is 5.67. The van der Waals surface area contributed by atoms with Crippen molar-refractivity contribution in [2.24, 2.45) is 0 Å². The van der Waals surface area contributed by atoms with E-state index in [0.717, 1.165) is 10.9 Å². The Kier molecular flexibility index (Phi) is 5.64. The average Bonchev–Trinajstić information content (AvgIpc) is 2.92. The van der Waals surface area contributed by atoms with E-state index in [2.05, 4.69) is 5.32 Å². The van der Waals surface area contributed by atoms with Gasteiger partial charge in [0.15, 0.2) is 11.5 Å². The highest BCUT2D eigenvalue weighted by Crippen LogP contribution is 2.32. The number of nitrogens with zero attached hydrogens (tertiary/aromatic N) is 1. The first-order chi connectivity index (χ1) is 12.9. The number of nitrogens with one attached hydrogen (secondary N) is 1. The molecule has 0 spiro atoms. The van der Waals surface area contributed by atoms with Gasteiger partial charge < -0.3 is 14.8 Å². The lowest BCUT2D eigenvalue weighted by Crippen LogP contribution is -2.26. The summed E-state index contributed by atoms with van der Waals surface area (Å²) in [6.45, 7) is 1.12. The maximum absolute atomic E-state index is 12.5. The predicted octanol–water partition coefficient (Wildman–Crippen LogP) is 2.28. The number of rotatable bonds is 5. The molecule has 8 nitrogen and oxygen atoms in total. The number of fused-ring (bicyclic) bond motifs is 1. The first kappa shape index (κ1) is 19.2. The monoisotopic (exact) mass is 392 g/mol. The van der Waals surface area contributed by atoms with Gasteiger partial charge in [-0.3, -0.25) is 9.63 Å². The van der Waals surface area contributed by atoms with E-state index < -0.39 is 15.9 Å². The summed E-state index contributed by atoms with van der Waals surface area (Å²) in [4.78, 5) is 17.2. The maximum atomic E-state index is 12.5. The van der Waals surface area contributed by atoms with Crippen LogP contribution in [0.4, 0.5) is 5.69 Å². The zero-order chi connectivity index (χ0) is 19.4. The van der Waals surface area contributed by atoms with Crippen LogP contribution in [0.25, 0.3) is 0 Å². The molecule has 1 amide bonds. The van der Waals surface area contributed by atoms with Crippen LogP contribution in [0.15, 0.2) is 47.4 Å². The summed E-state index contributed by atoms with van der Waals surface area (Å²) < 4.78 is 36.5. The van der Waals surface area contributed by atoms with E-state index in [9.17, 15) is 13.2 Å². The molecule has 1 aliphatic heterocycles. The summed E-state index contributed by atoms with van der Waals surface area (Å²) in [5, 5.41) is 2.74. The Labute approximate surface area is 157 Å². The van der Waals surface area contributed by atoms with Crippen molar-refractivity contribution in [3.8, 4) is 11.5 Å². The molecule has 3 rings (SSSR count). The maximum Gasteiger partial charge on any atom is 0.264 e. The topological polar surface area (TPSA) is 94.2 Å². The van der Waals surface area contributed by atoms with Crippen molar-refractivity contribution >= 4 is 21.6 Å². The molecule has 2 aromatic carbocycles. The second kappa shape index (κ2) is 7.95. The van der Waals surface area contributed by atoms with Crippen molar-refractivity contribution in [2.45, 2.75) is 11.3 Å². The quantitative estimate of drug-likeness (QED) is 0.785. The Morgan fingerprint density at radius 2 is 1.85 bits per heavy atom. The minimum absolute atomic E-state index is 0.0434. The van der Waals surface area contributed by atoms with Crippen LogP contribution in [0, 0.1) is 0 Å². The first-order valence-electron chi connectivity index (χ1n) is 8.26. The van der Waals surface area contributed by atoms with Crippen LogP contribution in [0.1, 0.15) is 16.8 Å². The molecule has 1 aliphatic rings. The molecule has 0 radical (unpaired) electrons. The molecular formula is C18H20N2O6S. The Balaban J connectivity index is 1.81. The number of sulfonamides is 1. The van der Waals surface area contributed by atoms with Crippen molar-refractivity contribution in [3.63, 3.8) is 0 Å². The lowest BCUT2D eigenvalue weighted by molar-refractivity contribution is -0.0258. The molecule has 0 aliphatic carbocycles. The fourth-order valence-corrected chi connectivity index (χ4v) is 3.51. The van der Waals surface area contributed by atoms with Gasteiger partial charge in [0.1, 0.15) is 0 Å². The lowest BCUT2D eigenvalue weighted by Gasteiger charge is -2.15. The van der Waals surface area contributed by atoms with Gasteiger partial charge in [-0.15, -0.1) is 0 Å². The van der Waals surface area contributed by atoms with E-state index in [4.69, 9.17) is 14.3 Å². The predicted molar refractivity (Wildman–Crippen MR) is 98.4 cm³/mol. The Bertz CT molecular complexity index is 945. The van der Waals surface area contributed by atoms with E-state index in [1.54, 1.807) is 18.2 Å². The number of ether oxygens (including phenoxy) is 2. The van der Waals surface area contributed by atoms with Gasteiger partial charge in [0.25, 0.3) is 15.9 Å². The van der Waals surface area contributed by atoms with Crippen molar-refractivity contribution in [1.29, 1.82) is 0 Å². The van der Waals surface area contributed by atoms with Crippen molar-refractivity contribution in [2.75, 3.05) is 32.7 Å². The molecule has 0 atom stereocenters. The summed E-state index contributed by atoms with van der Waals surface area (Å²) in [7, 11) is -1.31. The molecule has 0 bridgehead atoms. The molecule has 144 valence electrons. The number of hydroxylamine groups is 1. The molecule has 2 aromatic rings. The van der Waals surface area contributed by atoms with Crippen molar-refractivity contribution in [3.05, 3.63) is 48.0 Å². The zero-order valence-electron chi connectivity index (χ0n) is 15.0. The van der Waals surface area contributed by atoms with Gasteiger partial charge in [-0.05, 0) is 30.3 Å². The van der Waals surface area contributed by atoms with Crippen LogP contribution in [0.2, 0.25) is 0 Å². The number of amides is 1. The van der Waals surface area contributed by atoms with E-state index >= 15 is 0 Å². The largest absolute Gasteiger partial charge is 0.490 e. The standard InChI is InChI=1S/C18H20N2O6S/c1-20(24-2)27(22,23)15-6-3-5-13(11-15)18(21)19-14-7-8-16-17(12-14)26-10-4-9-25-16/h3,5-8,11-12H,4,9-10H2,1-2H3,(H,19,21). The summed E-state index contributed by atoms with van der Waals surface area (Å²) in [6, 6.07) is 10.8. The highest BCUT2D eigenvalue weighted by molar-refractivity contribution is 7.89. The number of carbonyl (C=O) groups is 1. The van der Waals surface area contributed by atoms with Gasteiger partial charge >= 0.3 is 0 Å². The van der Waals surface area contributed by atoms with Gasteiger partial charge in [-0.2, -0.15) is 0 Å². The van der Waals surface area contributed by atoms with E-state index in [1.165, 1.54) is 38.4 Å². The van der Waals surface area contributed by atoms with Gasteiger partial charge in [-0.25, -0.2) is 8.42 Å². The summed E-state index contributed by atoms with van der Waals surface area (Å²) in [5.41, 5.74) is 0.721. The third-order valence-electron chi connectivity index (χ3n) is 4.00. The van der Waals surface area contributed by atoms with Crippen LogP contribution in [0.3, 0.4) is 0 Å². The normalized spacial score (nSPS) is 13.9. The first-order valence-corrected chi connectivity index (χ1v) is 9.70. The zero-order valence-corrected chi connectivity index (χ0v) is 15.8.